The van der Waals surface area contributed by atoms with Crippen molar-refractivity contribution >= 4 is 10.0 Å². The van der Waals surface area contributed by atoms with Crippen molar-refractivity contribution < 1.29 is 21.6 Å². The SMILES string of the molecule is CC1(C)[C@H](NS(=O)(=O)c2ccccc2)[C@@H]1c1nc(-c2cc(F)ccc2F)co1. The number of hydrogen-bond donors (Lipinski definition) is 1. The number of aromatic nitrogens is 1. The van der Waals surface area contributed by atoms with Gasteiger partial charge in [-0.1, -0.05) is 32.0 Å². The molecule has 3 aromatic rings. The van der Waals surface area contributed by atoms with Crippen LogP contribution in [0, 0.1) is 17.0 Å². The van der Waals surface area contributed by atoms with Gasteiger partial charge in [0.05, 0.1) is 10.8 Å². The molecule has 2 atom stereocenters. The summed E-state index contributed by atoms with van der Waals surface area (Å²) in [5, 5.41) is 0. The highest BCUT2D eigenvalue weighted by Gasteiger charge is 2.62. The minimum atomic E-state index is -3.70. The second-order valence-corrected chi connectivity index (χ2v) is 9.12. The molecular weight excluding hydrogens is 386 g/mol. The van der Waals surface area contributed by atoms with E-state index in [0.29, 0.717) is 0 Å². The fourth-order valence-corrected chi connectivity index (χ4v) is 4.83. The van der Waals surface area contributed by atoms with E-state index in [1.54, 1.807) is 18.2 Å². The molecule has 5 nitrogen and oxygen atoms in total. The number of nitrogens with zero attached hydrogens (tertiary/aromatic N) is 1. The van der Waals surface area contributed by atoms with Crippen LogP contribution in [0.15, 0.2) is 64.1 Å². The van der Waals surface area contributed by atoms with Crippen molar-refractivity contribution in [1.29, 1.82) is 0 Å². The van der Waals surface area contributed by atoms with Gasteiger partial charge in [-0.15, -0.1) is 0 Å². The normalized spacial score (nSPS) is 20.9. The van der Waals surface area contributed by atoms with Crippen LogP contribution >= 0.6 is 0 Å². The fourth-order valence-electron chi connectivity index (χ4n) is 3.40. The van der Waals surface area contributed by atoms with E-state index in [-0.39, 0.29) is 28.0 Å². The summed E-state index contributed by atoms with van der Waals surface area (Å²) >= 11 is 0. The molecule has 28 heavy (non-hydrogen) atoms. The van der Waals surface area contributed by atoms with E-state index in [4.69, 9.17) is 4.42 Å². The quantitative estimate of drug-likeness (QED) is 0.695. The van der Waals surface area contributed by atoms with Crippen molar-refractivity contribution in [3.63, 3.8) is 0 Å². The molecule has 0 radical (unpaired) electrons. The van der Waals surface area contributed by atoms with Gasteiger partial charge in [-0.05, 0) is 35.7 Å². The van der Waals surface area contributed by atoms with Crippen LogP contribution in [0.2, 0.25) is 0 Å². The van der Waals surface area contributed by atoms with Gasteiger partial charge in [0.15, 0.2) is 5.89 Å². The molecule has 2 aromatic carbocycles. The van der Waals surface area contributed by atoms with Gasteiger partial charge in [-0.3, -0.25) is 0 Å². The Bertz CT molecular complexity index is 1130. The van der Waals surface area contributed by atoms with E-state index in [2.05, 4.69) is 9.71 Å². The van der Waals surface area contributed by atoms with E-state index in [1.807, 2.05) is 13.8 Å². The van der Waals surface area contributed by atoms with E-state index < -0.39 is 33.1 Å². The molecule has 4 rings (SSSR count). The molecule has 0 spiro atoms. The average Bonchev–Trinajstić information content (AvgIpc) is 2.98. The van der Waals surface area contributed by atoms with Gasteiger partial charge in [-0.25, -0.2) is 26.9 Å². The van der Waals surface area contributed by atoms with Gasteiger partial charge in [0.1, 0.15) is 23.6 Å². The predicted octanol–water partition coefficient (Wildman–Crippen LogP) is 4.09. The summed E-state index contributed by atoms with van der Waals surface area (Å²) in [7, 11) is -3.70. The van der Waals surface area contributed by atoms with E-state index in [9.17, 15) is 17.2 Å². The maximum absolute atomic E-state index is 14.0. The van der Waals surface area contributed by atoms with Crippen LogP contribution in [0.4, 0.5) is 8.78 Å². The summed E-state index contributed by atoms with van der Waals surface area (Å²) in [4.78, 5) is 4.46. The number of hydrogen-bond acceptors (Lipinski definition) is 4. The highest BCUT2D eigenvalue weighted by atomic mass is 32.2. The van der Waals surface area contributed by atoms with Crippen molar-refractivity contribution in [1.82, 2.24) is 9.71 Å². The number of benzene rings is 2. The van der Waals surface area contributed by atoms with Gasteiger partial charge in [0.25, 0.3) is 0 Å². The van der Waals surface area contributed by atoms with Crippen molar-refractivity contribution in [3.8, 4) is 11.3 Å². The maximum Gasteiger partial charge on any atom is 0.240 e. The van der Waals surface area contributed by atoms with Gasteiger partial charge < -0.3 is 4.42 Å². The smallest absolute Gasteiger partial charge is 0.240 e. The molecule has 1 heterocycles. The molecule has 0 unspecified atom stereocenters. The first-order chi connectivity index (χ1) is 13.2. The molecule has 0 saturated heterocycles. The molecule has 0 aliphatic heterocycles. The second-order valence-electron chi connectivity index (χ2n) is 7.41. The first-order valence-corrected chi connectivity index (χ1v) is 10.2. The van der Waals surface area contributed by atoms with Crippen molar-refractivity contribution in [3.05, 3.63) is 72.3 Å². The topological polar surface area (TPSA) is 72.2 Å². The van der Waals surface area contributed by atoms with Crippen molar-refractivity contribution in [2.24, 2.45) is 5.41 Å². The van der Waals surface area contributed by atoms with Gasteiger partial charge in [0, 0.05) is 11.6 Å². The van der Waals surface area contributed by atoms with Crippen molar-refractivity contribution in [2.75, 3.05) is 0 Å². The fraction of sp³-hybridized carbons (Fsp3) is 0.250. The summed E-state index contributed by atoms with van der Waals surface area (Å²) in [6, 6.07) is 10.7. The van der Waals surface area contributed by atoms with E-state index in [0.717, 1.165) is 18.2 Å². The summed E-state index contributed by atoms with van der Waals surface area (Å²) in [5.41, 5.74) is -0.279. The molecule has 1 aromatic heterocycles. The van der Waals surface area contributed by atoms with Crippen LogP contribution < -0.4 is 4.72 Å². The Morgan fingerprint density at radius 1 is 1.11 bits per heavy atom. The Morgan fingerprint density at radius 2 is 1.82 bits per heavy atom. The summed E-state index contributed by atoms with van der Waals surface area (Å²) in [6.45, 7) is 3.78. The molecule has 1 aliphatic rings. The molecule has 1 saturated carbocycles. The standard InChI is InChI=1S/C20H18F2N2O3S/c1-20(2)17(18(20)24-28(25,26)13-6-4-3-5-7-13)19-23-16(11-27-19)14-10-12(21)8-9-15(14)22/h3-11,17-18,24H,1-2H3/t17-,18-/m1/s1. The molecule has 146 valence electrons. The zero-order valence-corrected chi connectivity index (χ0v) is 16.0. The molecule has 1 N–H and O–H groups in total. The molecule has 1 fully saturated rings. The third-order valence-corrected chi connectivity index (χ3v) is 6.61. The number of sulfonamides is 1. The van der Waals surface area contributed by atoms with Gasteiger partial charge in [0.2, 0.25) is 10.0 Å². The van der Waals surface area contributed by atoms with Gasteiger partial charge >= 0.3 is 0 Å². The summed E-state index contributed by atoms with van der Waals surface area (Å²) < 4.78 is 60.8. The molecule has 8 heteroatoms. The lowest BCUT2D eigenvalue weighted by molar-refractivity contribution is 0.467. The number of oxazole rings is 1. The molecule has 0 amide bonds. The minimum Gasteiger partial charge on any atom is -0.448 e. The lowest BCUT2D eigenvalue weighted by atomic mass is 10.1. The summed E-state index contributed by atoms with van der Waals surface area (Å²) in [5.74, 6) is -1.24. The van der Waals surface area contributed by atoms with Crippen LogP contribution in [0.1, 0.15) is 25.7 Å². The lowest BCUT2D eigenvalue weighted by Crippen LogP contribution is -2.29. The first-order valence-electron chi connectivity index (χ1n) is 8.68. The average molecular weight is 404 g/mol. The third-order valence-electron chi connectivity index (χ3n) is 5.16. The van der Waals surface area contributed by atoms with Crippen molar-refractivity contribution in [2.45, 2.75) is 30.7 Å². The lowest BCUT2D eigenvalue weighted by Gasteiger charge is -2.07. The number of halogens is 2. The molecule has 1 aliphatic carbocycles. The predicted molar refractivity (Wildman–Crippen MR) is 98.9 cm³/mol. The van der Waals surface area contributed by atoms with Crippen LogP contribution in [-0.4, -0.2) is 19.4 Å². The van der Waals surface area contributed by atoms with Crippen LogP contribution in [-0.2, 0) is 10.0 Å². The zero-order valence-electron chi connectivity index (χ0n) is 15.2. The zero-order chi connectivity index (χ0) is 20.1. The second kappa shape index (κ2) is 6.49. The first kappa shape index (κ1) is 18.8. The summed E-state index contributed by atoms with van der Waals surface area (Å²) in [6.07, 6.45) is 1.25. The Hall–Kier alpha value is -2.58. The highest BCUT2D eigenvalue weighted by Crippen LogP contribution is 2.59. The Morgan fingerprint density at radius 3 is 2.54 bits per heavy atom. The Labute approximate surface area is 161 Å². The van der Waals surface area contributed by atoms with Crippen LogP contribution in [0.5, 0.6) is 0 Å². The third kappa shape index (κ3) is 3.22. The Kier molecular flexibility index (Phi) is 4.35. The van der Waals surface area contributed by atoms with E-state index >= 15 is 0 Å². The minimum absolute atomic E-state index is 0.00475. The monoisotopic (exact) mass is 404 g/mol. The van der Waals surface area contributed by atoms with Gasteiger partial charge in [-0.2, -0.15) is 0 Å². The molecule has 0 bridgehead atoms. The largest absolute Gasteiger partial charge is 0.448 e. The number of nitrogens with one attached hydrogen (secondary N) is 1. The van der Waals surface area contributed by atoms with Crippen LogP contribution in [0.25, 0.3) is 11.3 Å². The maximum atomic E-state index is 14.0. The van der Waals surface area contributed by atoms with Crippen LogP contribution in [0.3, 0.4) is 0 Å². The Balaban J connectivity index is 1.59. The van der Waals surface area contributed by atoms with E-state index in [1.165, 1.54) is 18.4 Å². The number of rotatable bonds is 5. The highest BCUT2D eigenvalue weighted by molar-refractivity contribution is 7.89. The molecular formula is C20H18F2N2O3S.